The Bertz CT molecular complexity index is 544. The number of likely N-dealkylation sites (tertiary alicyclic amines) is 1. The Labute approximate surface area is 112 Å². The van der Waals surface area contributed by atoms with Gasteiger partial charge in [-0.15, -0.1) is 0 Å². The molecule has 1 amide bonds. The van der Waals surface area contributed by atoms with Gasteiger partial charge in [0, 0.05) is 13.1 Å². The van der Waals surface area contributed by atoms with Gasteiger partial charge in [0.25, 0.3) is 0 Å². The molecule has 1 aromatic rings. The lowest BCUT2D eigenvalue weighted by Gasteiger charge is -2.15. The molecule has 2 N–H and O–H groups in total. The van der Waals surface area contributed by atoms with Crippen LogP contribution in [-0.2, 0) is 21.4 Å². The van der Waals surface area contributed by atoms with Crippen molar-refractivity contribution in [1.29, 1.82) is 0 Å². The highest BCUT2D eigenvalue weighted by Crippen LogP contribution is 2.16. The standard InChI is InChI=1S/C12H16N2O4S/c13-19(16,17)11-6-7-14(8-11)12(15)18-9-10-4-2-1-3-5-10/h1-5,11H,6-9H2,(H2,13,16,17)/t11-/m0/s1. The maximum absolute atomic E-state index is 11.8. The summed E-state index contributed by atoms with van der Waals surface area (Å²) in [5, 5.41) is 4.38. The molecule has 0 saturated carbocycles. The predicted octanol–water partition coefficient (Wildman–Crippen LogP) is 0.686. The molecule has 7 heteroatoms. The van der Waals surface area contributed by atoms with Gasteiger partial charge in [0.1, 0.15) is 6.61 Å². The number of sulfonamides is 1. The van der Waals surface area contributed by atoms with Crippen LogP contribution in [0.4, 0.5) is 4.79 Å². The molecule has 6 nitrogen and oxygen atoms in total. The summed E-state index contributed by atoms with van der Waals surface area (Å²) in [5.41, 5.74) is 0.887. The van der Waals surface area contributed by atoms with Crippen molar-refractivity contribution >= 4 is 16.1 Å². The molecule has 0 bridgehead atoms. The second kappa shape index (κ2) is 5.58. The number of hydrogen-bond donors (Lipinski definition) is 1. The maximum atomic E-state index is 11.8. The molecule has 104 valence electrons. The van der Waals surface area contributed by atoms with Crippen molar-refractivity contribution in [2.45, 2.75) is 18.3 Å². The monoisotopic (exact) mass is 284 g/mol. The first kappa shape index (κ1) is 13.8. The van der Waals surface area contributed by atoms with Crippen LogP contribution < -0.4 is 5.14 Å². The summed E-state index contributed by atoms with van der Waals surface area (Å²) in [4.78, 5) is 13.1. The van der Waals surface area contributed by atoms with Gasteiger partial charge in [-0.05, 0) is 12.0 Å². The molecule has 0 spiro atoms. The third kappa shape index (κ3) is 3.68. The Hall–Kier alpha value is -1.60. The lowest BCUT2D eigenvalue weighted by molar-refractivity contribution is 0.104. The second-order valence-electron chi connectivity index (χ2n) is 4.49. The van der Waals surface area contributed by atoms with Gasteiger partial charge in [-0.25, -0.2) is 18.4 Å². The molecule has 1 fully saturated rings. The number of hydrogen-bond acceptors (Lipinski definition) is 4. The van der Waals surface area contributed by atoms with E-state index in [1.54, 1.807) is 0 Å². The molecule has 1 atom stereocenters. The summed E-state index contributed by atoms with van der Waals surface area (Å²) in [7, 11) is -3.59. The molecule has 2 rings (SSSR count). The van der Waals surface area contributed by atoms with Crippen LogP contribution in [0, 0.1) is 0 Å². The topological polar surface area (TPSA) is 89.7 Å². The fourth-order valence-electron chi connectivity index (χ4n) is 1.97. The molecule has 1 saturated heterocycles. The number of rotatable bonds is 3. The Balaban J connectivity index is 1.85. The molecule has 1 aromatic carbocycles. The number of carbonyl (C=O) groups is 1. The van der Waals surface area contributed by atoms with Crippen molar-refractivity contribution in [2.75, 3.05) is 13.1 Å². The minimum absolute atomic E-state index is 0.104. The minimum Gasteiger partial charge on any atom is -0.445 e. The van der Waals surface area contributed by atoms with Crippen LogP contribution in [0.25, 0.3) is 0 Å². The van der Waals surface area contributed by atoms with Gasteiger partial charge in [-0.3, -0.25) is 0 Å². The van der Waals surface area contributed by atoms with Crippen LogP contribution in [-0.4, -0.2) is 37.8 Å². The molecule has 0 aromatic heterocycles. The summed E-state index contributed by atoms with van der Waals surface area (Å²) < 4.78 is 27.5. The van der Waals surface area contributed by atoms with Gasteiger partial charge >= 0.3 is 6.09 Å². The largest absolute Gasteiger partial charge is 0.445 e. The van der Waals surface area contributed by atoms with E-state index in [1.165, 1.54) is 4.90 Å². The van der Waals surface area contributed by atoms with Gasteiger partial charge in [-0.1, -0.05) is 30.3 Å². The van der Waals surface area contributed by atoms with E-state index in [0.29, 0.717) is 13.0 Å². The summed E-state index contributed by atoms with van der Waals surface area (Å²) >= 11 is 0. The number of primary sulfonamides is 1. The number of nitrogens with zero attached hydrogens (tertiary/aromatic N) is 1. The van der Waals surface area contributed by atoms with E-state index >= 15 is 0 Å². The fourth-order valence-corrected chi connectivity index (χ4v) is 2.79. The van der Waals surface area contributed by atoms with Crippen LogP contribution in [0.3, 0.4) is 0 Å². The molecular weight excluding hydrogens is 268 g/mol. The Morgan fingerprint density at radius 2 is 2.05 bits per heavy atom. The van der Waals surface area contributed by atoms with Crippen LogP contribution in [0.1, 0.15) is 12.0 Å². The van der Waals surface area contributed by atoms with E-state index < -0.39 is 21.4 Å². The Morgan fingerprint density at radius 3 is 2.63 bits per heavy atom. The van der Waals surface area contributed by atoms with Crippen molar-refractivity contribution in [3.05, 3.63) is 35.9 Å². The number of nitrogens with two attached hydrogens (primary N) is 1. The van der Waals surface area contributed by atoms with E-state index in [9.17, 15) is 13.2 Å². The lowest BCUT2D eigenvalue weighted by Crippen LogP contribution is -2.34. The van der Waals surface area contributed by atoms with Gasteiger partial charge in [-0.2, -0.15) is 0 Å². The highest BCUT2D eigenvalue weighted by atomic mass is 32.2. The quantitative estimate of drug-likeness (QED) is 0.884. The first-order chi connectivity index (χ1) is 8.97. The zero-order chi connectivity index (χ0) is 13.9. The maximum Gasteiger partial charge on any atom is 0.410 e. The van der Waals surface area contributed by atoms with Gasteiger partial charge in [0.15, 0.2) is 0 Å². The van der Waals surface area contributed by atoms with Crippen LogP contribution in [0.2, 0.25) is 0 Å². The van der Waals surface area contributed by atoms with Gasteiger partial charge in [0.2, 0.25) is 10.0 Å². The van der Waals surface area contributed by atoms with Crippen LogP contribution in [0.5, 0.6) is 0 Å². The van der Waals surface area contributed by atoms with Crippen molar-refractivity contribution < 1.29 is 17.9 Å². The second-order valence-corrected chi connectivity index (χ2v) is 6.33. The van der Waals surface area contributed by atoms with Crippen LogP contribution >= 0.6 is 0 Å². The summed E-state index contributed by atoms with van der Waals surface area (Å²) in [6.07, 6.45) is -0.144. The molecule has 0 radical (unpaired) electrons. The smallest absolute Gasteiger partial charge is 0.410 e. The van der Waals surface area contributed by atoms with Crippen molar-refractivity contribution in [1.82, 2.24) is 4.90 Å². The molecule has 1 aliphatic heterocycles. The average molecular weight is 284 g/mol. The van der Waals surface area contributed by atoms with Gasteiger partial charge in [0.05, 0.1) is 5.25 Å². The third-order valence-electron chi connectivity index (χ3n) is 3.07. The molecule has 0 aliphatic carbocycles. The van der Waals surface area contributed by atoms with E-state index in [-0.39, 0.29) is 13.2 Å². The van der Waals surface area contributed by atoms with Gasteiger partial charge < -0.3 is 9.64 Å². The number of ether oxygens (including phenoxy) is 1. The molecular formula is C12H16N2O4S. The first-order valence-corrected chi connectivity index (χ1v) is 7.55. The molecule has 0 unspecified atom stereocenters. The normalized spacial score (nSPS) is 19.4. The third-order valence-corrected chi connectivity index (χ3v) is 4.39. The van der Waals surface area contributed by atoms with Crippen molar-refractivity contribution in [3.8, 4) is 0 Å². The first-order valence-electron chi connectivity index (χ1n) is 5.94. The van der Waals surface area contributed by atoms with E-state index in [1.807, 2.05) is 30.3 Å². The minimum atomic E-state index is -3.59. The summed E-state index contributed by atoms with van der Waals surface area (Å²) in [6.45, 7) is 0.636. The lowest BCUT2D eigenvalue weighted by atomic mass is 10.2. The molecule has 19 heavy (non-hydrogen) atoms. The number of carbonyl (C=O) groups excluding carboxylic acids is 1. The summed E-state index contributed by atoms with van der Waals surface area (Å²) in [6, 6.07) is 9.30. The number of benzene rings is 1. The van der Waals surface area contributed by atoms with Crippen molar-refractivity contribution in [3.63, 3.8) is 0 Å². The number of amides is 1. The zero-order valence-electron chi connectivity index (χ0n) is 10.4. The SMILES string of the molecule is NS(=O)(=O)[C@H]1CCN(C(=O)OCc2ccccc2)C1. The van der Waals surface area contributed by atoms with Crippen LogP contribution in [0.15, 0.2) is 30.3 Å². The average Bonchev–Trinajstić information content (AvgIpc) is 2.87. The zero-order valence-corrected chi connectivity index (χ0v) is 11.2. The highest BCUT2D eigenvalue weighted by Gasteiger charge is 2.33. The predicted molar refractivity (Wildman–Crippen MR) is 69.7 cm³/mol. The van der Waals surface area contributed by atoms with E-state index in [2.05, 4.69) is 0 Å². The van der Waals surface area contributed by atoms with E-state index in [4.69, 9.17) is 9.88 Å². The molecule has 1 heterocycles. The van der Waals surface area contributed by atoms with Crippen molar-refractivity contribution in [2.24, 2.45) is 5.14 Å². The Morgan fingerprint density at radius 1 is 1.37 bits per heavy atom. The Kier molecular flexibility index (Phi) is 4.06. The highest BCUT2D eigenvalue weighted by molar-refractivity contribution is 7.89. The van der Waals surface area contributed by atoms with E-state index in [0.717, 1.165) is 5.56 Å². The molecule has 1 aliphatic rings. The fraction of sp³-hybridized carbons (Fsp3) is 0.417. The summed E-state index contributed by atoms with van der Waals surface area (Å²) in [5.74, 6) is 0.